The van der Waals surface area contributed by atoms with Crippen LogP contribution in [-0.4, -0.2) is 25.2 Å². The first-order valence-electron chi connectivity index (χ1n) is 5.12. The predicted molar refractivity (Wildman–Crippen MR) is 57.2 cm³/mol. The van der Waals surface area contributed by atoms with Crippen molar-refractivity contribution in [2.24, 2.45) is 4.99 Å². The van der Waals surface area contributed by atoms with Gasteiger partial charge in [-0.15, -0.1) is 0 Å². The molecule has 0 N–H and O–H groups in total. The number of isocyanates is 1. The van der Waals surface area contributed by atoms with Crippen molar-refractivity contribution in [2.45, 2.75) is 33.1 Å². The Morgan fingerprint density at radius 1 is 1.47 bits per heavy atom. The third kappa shape index (κ3) is 6.63. The maximum atomic E-state index is 11.3. The lowest BCUT2D eigenvalue weighted by molar-refractivity contribution is -0.139. The lowest BCUT2D eigenvalue weighted by Crippen LogP contribution is -2.08. The molecule has 0 aromatic rings. The van der Waals surface area contributed by atoms with E-state index in [1.54, 1.807) is 6.08 Å². The lowest BCUT2D eigenvalue weighted by Gasteiger charge is -2.05. The van der Waals surface area contributed by atoms with E-state index in [2.05, 4.69) is 4.99 Å². The van der Waals surface area contributed by atoms with Gasteiger partial charge in [-0.2, -0.15) is 0 Å². The molecule has 0 saturated heterocycles. The Kier molecular flexibility index (Phi) is 8.30. The standard InChI is InChI=1S/C11H17NO3/c1-3-10(4-2)11(14)15-8-6-5-7-12-9-13/h3H,4-8H2,1-2H3. The number of hydrogen-bond acceptors (Lipinski definition) is 4. The van der Waals surface area contributed by atoms with Gasteiger partial charge in [-0.3, -0.25) is 0 Å². The van der Waals surface area contributed by atoms with E-state index in [1.807, 2.05) is 13.8 Å². The number of unbranched alkanes of at least 4 members (excludes halogenated alkanes) is 1. The predicted octanol–water partition coefficient (Wildman–Crippen LogP) is 2.00. The summed E-state index contributed by atoms with van der Waals surface area (Å²) in [5, 5.41) is 0. The third-order valence-electron chi connectivity index (χ3n) is 1.95. The molecule has 0 radical (unpaired) electrons. The monoisotopic (exact) mass is 211 g/mol. The van der Waals surface area contributed by atoms with Crippen molar-refractivity contribution in [3.8, 4) is 0 Å². The molecule has 0 amide bonds. The van der Waals surface area contributed by atoms with Crippen LogP contribution in [0.4, 0.5) is 0 Å². The van der Waals surface area contributed by atoms with Gasteiger partial charge in [0, 0.05) is 5.57 Å². The number of rotatable bonds is 7. The Labute approximate surface area is 90.0 Å². The first-order valence-corrected chi connectivity index (χ1v) is 5.12. The van der Waals surface area contributed by atoms with Crippen LogP contribution in [0.5, 0.6) is 0 Å². The van der Waals surface area contributed by atoms with Gasteiger partial charge in [-0.05, 0) is 26.2 Å². The minimum atomic E-state index is -0.251. The number of nitrogens with zero attached hydrogens (tertiary/aromatic N) is 1. The van der Waals surface area contributed by atoms with Gasteiger partial charge in [-0.1, -0.05) is 13.0 Å². The quantitative estimate of drug-likeness (QED) is 0.213. The zero-order valence-electron chi connectivity index (χ0n) is 9.28. The van der Waals surface area contributed by atoms with Gasteiger partial charge in [-0.25, -0.2) is 14.6 Å². The van der Waals surface area contributed by atoms with Crippen LogP contribution in [0.25, 0.3) is 0 Å². The largest absolute Gasteiger partial charge is 0.462 e. The van der Waals surface area contributed by atoms with E-state index in [4.69, 9.17) is 4.74 Å². The van der Waals surface area contributed by atoms with Crippen LogP contribution in [0.15, 0.2) is 16.6 Å². The van der Waals surface area contributed by atoms with Crippen molar-refractivity contribution in [3.05, 3.63) is 11.6 Å². The smallest absolute Gasteiger partial charge is 0.333 e. The summed E-state index contributed by atoms with van der Waals surface area (Å²) in [6.07, 6.45) is 5.37. The molecule has 0 saturated carbocycles. The third-order valence-corrected chi connectivity index (χ3v) is 1.95. The molecule has 4 nitrogen and oxygen atoms in total. The van der Waals surface area contributed by atoms with Gasteiger partial charge < -0.3 is 4.74 Å². The average Bonchev–Trinajstić information content (AvgIpc) is 2.25. The molecule has 4 heteroatoms. The second kappa shape index (κ2) is 9.16. The topological polar surface area (TPSA) is 55.7 Å². The molecule has 0 atom stereocenters. The van der Waals surface area contributed by atoms with E-state index >= 15 is 0 Å². The number of esters is 1. The van der Waals surface area contributed by atoms with Crippen LogP contribution in [-0.2, 0) is 14.3 Å². The number of allylic oxidation sites excluding steroid dienone is 1. The Balaban J connectivity index is 3.59. The fraction of sp³-hybridized carbons (Fsp3) is 0.636. The van der Waals surface area contributed by atoms with Crippen molar-refractivity contribution < 1.29 is 14.3 Å². The summed E-state index contributed by atoms with van der Waals surface area (Å²) in [7, 11) is 0. The molecular formula is C11H17NO3. The van der Waals surface area contributed by atoms with Gasteiger partial charge in [0.25, 0.3) is 0 Å². The minimum absolute atomic E-state index is 0.251. The number of carbonyl (C=O) groups excluding carboxylic acids is 2. The number of hydrogen-bond donors (Lipinski definition) is 0. The molecule has 15 heavy (non-hydrogen) atoms. The highest BCUT2D eigenvalue weighted by Crippen LogP contribution is 2.03. The molecule has 0 heterocycles. The van der Waals surface area contributed by atoms with E-state index in [0.29, 0.717) is 25.1 Å². The zero-order valence-corrected chi connectivity index (χ0v) is 9.28. The molecule has 0 aromatic carbocycles. The molecule has 0 aromatic heterocycles. The minimum Gasteiger partial charge on any atom is -0.462 e. The van der Waals surface area contributed by atoms with Gasteiger partial charge in [0.1, 0.15) is 0 Å². The summed E-state index contributed by atoms with van der Waals surface area (Å²) >= 11 is 0. The van der Waals surface area contributed by atoms with Gasteiger partial charge in [0.05, 0.1) is 13.2 Å². The van der Waals surface area contributed by atoms with E-state index in [9.17, 15) is 9.59 Å². The fourth-order valence-electron chi connectivity index (χ4n) is 1.06. The Hall–Kier alpha value is -1.41. The molecular weight excluding hydrogens is 194 g/mol. The summed E-state index contributed by atoms with van der Waals surface area (Å²) in [5.74, 6) is -0.251. The summed E-state index contributed by atoms with van der Waals surface area (Å²) in [5.41, 5.74) is 0.695. The van der Waals surface area contributed by atoms with Crippen molar-refractivity contribution >= 4 is 12.0 Å². The molecule has 0 aliphatic carbocycles. The molecule has 84 valence electrons. The van der Waals surface area contributed by atoms with Gasteiger partial charge in [0.15, 0.2) is 0 Å². The van der Waals surface area contributed by atoms with Crippen LogP contribution in [0.1, 0.15) is 33.1 Å². The molecule has 0 fully saturated rings. The van der Waals surface area contributed by atoms with Crippen molar-refractivity contribution in [2.75, 3.05) is 13.2 Å². The first kappa shape index (κ1) is 13.6. The number of carbonyl (C=O) groups is 1. The maximum absolute atomic E-state index is 11.3. The molecule has 0 aliphatic rings. The van der Waals surface area contributed by atoms with E-state index in [1.165, 1.54) is 6.08 Å². The normalized spacial score (nSPS) is 10.7. The number of ether oxygens (including phenoxy) is 1. The highest BCUT2D eigenvalue weighted by Gasteiger charge is 2.06. The highest BCUT2D eigenvalue weighted by atomic mass is 16.5. The van der Waals surface area contributed by atoms with Crippen LogP contribution in [0.3, 0.4) is 0 Å². The van der Waals surface area contributed by atoms with E-state index in [0.717, 1.165) is 12.8 Å². The van der Waals surface area contributed by atoms with Crippen LogP contribution in [0, 0.1) is 0 Å². The maximum Gasteiger partial charge on any atom is 0.333 e. The Bertz CT molecular complexity index is 265. The summed E-state index contributed by atoms with van der Waals surface area (Å²) in [6.45, 7) is 4.56. The van der Waals surface area contributed by atoms with Crippen molar-refractivity contribution in [1.82, 2.24) is 0 Å². The number of aliphatic imine (C=N–C) groups is 1. The summed E-state index contributed by atoms with van der Waals surface area (Å²) in [4.78, 5) is 24.4. The highest BCUT2D eigenvalue weighted by molar-refractivity contribution is 5.88. The van der Waals surface area contributed by atoms with E-state index < -0.39 is 0 Å². The second-order valence-electron chi connectivity index (χ2n) is 2.98. The molecule has 0 unspecified atom stereocenters. The van der Waals surface area contributed by atoms with E-state index in [-0.39, 0.29) is 5.97 Å². The van der Waals surface area contributed by atoms with Crippen LogP contribution < -0.4 is 0 Å². The Morgan fingerprint density at radius 2 is 2.20 bits per heavy atom. The lowest BCUT2D eigenvalue weighted by atomic mass is 10.2. The second-order valence-corrected chi connectivity index (χ2v) is 2.98. The Morgan fingerprint density at radius 3 is 2.73 bits per heavy atom. The van der Waals surface area contributed by atoms with Gasteiger partial charge in [0.2, 0.25) is 6.08 Å². The van der Waals surface area contributed by atoms with Crippen molar-refractivity contribution in [3.63, 3.8) is 0 Å². The molecule has 0 spiro atoms. The SMILES string of the molecule is CC=C(CC)C(=O)OCCCCN=C=O. The first-order chi connectivity index (χ1) is 7.26. The average molecular weight is 211 g/mol. The summed E-state index contributed by atoms with van der Waals surface area (Å²) in [6, 6.07) is 0. The van der Waals surface area contributed by atoms with Crippen molar-refractivity contribution in [1.29, 1.82) is 0 Å². The molecule has 0 aliphatic heterocycles. The van der Waals surface area contributed by atoms with Gasteiger partial charge >= 0.3 is 5.97 Å². The summed E-state index contributed by atoms with van der Waals surface area (Å²) < 4.78 is 5.02. The van der Waals surface area contributed by atoms with Crippen LogP contribution >= 0.6 is 0 Å². The molecule has 0 bridgehead atoms. The van der Waals surface area contributed by atoms with Crippen LogP contribution in [0.2, 0.25) is 0 Å². The zero-order chi connectivity index (χ0) is 11.5. The molecule has 0 rings (SSSR count). The fourth-order valence-corrected chi connectivity index (χ4v) is 1.06.